The van der Waals surface area contributed by atoms with Gasteiger partial charge in [-0.2, -0.15) is 13.2 Å². The molecule has 1 heterocycles. The predicted octanol–water partition coefficient (Wildman–Crippen LogP) is 3.44. The summed E-state index contributed by atoms with van der Waals surface area (Å²) in [5.41, 5.74) is -0.630. The monoisotopic (exact) mass is 301 g/mol. The van der Waals surface area contributed by atoms with Gasteiger partial charge in [0.2, 0.25) is 0 Å². The maximum Gasteiger partial charge on any atom is 0.416 e. The highest BCUT2D eigenvalue weighted by atomic mass is 35.5. The molecule has 1 atom stereocenters. The molecule has 0 aliphatic carbocycles. The molecule has 102 valence electrons. The SMILES string of the molecule is Cl.FC(F)(F)c1cccc(Cl)c1[C@@H]1COCCN1. The van der Waals surface area contributed by atoms with Crippen molar-refractivity contribution in [2.45, 2.75) is 12.2 Å². The number of halogens is 5. The highest BCUT2D eigenvalue weighted by molar-refractivity contribution is 6.31. The minimum Gasteiger partial charge on any atom is -0.378 e. The van der Waals surface area contributed by atoms with Crippen LogP contribution in [0.1, 0.15) is 17.2 Å². The van der Waals surface area contributed by atoms with E-state index in [1.165, 1.54) is 12.1 Å². The molecule has 0 spiro atoms. The van der Waals surface area contributed by atoms with Crippen LogP contribution in [0.2, 0.25) is 5.02 Å². The molecule has 0 unspecified atom stereocenters. The van der Waals surface area contributed by atoms with E-state index in [9.17, 15) is 13.2 Å². The van der Waals surface area contributed by atoms with Crippen LogP contribution in [0.5, 0.6) is 0 Å². The van der Waals surface area contributed by atoms with Crippen LogP contribution >= 0.6 is 24.0 Å². The molecule has 18 heavy (non-hydrogen) atoms. The Hall–Kier alpha value is -0.490. The first-order valence-electron chi connectivity index (χ1n) is 5.17. The van der Waals surface area contributed by atoms with Gasteiger partial charge in [-0.15, -0.1) is 12.4 Å². The van der Waals surface area contributed by atoms with Crippen molar-refractivity contribution >= 4 is 24.0 Å². The first-order chi connectivity index (χ1) is 8.00. The van der Waals surface area contributed by atoms with Gasteiger partial charge in [-0.1, -0.05) is 17.7 Å². The van der Waals surface area contributed by atoms with E-state index in [0.29, 0.717) is 13.2 Å². The second-order valence-corrected chi connectivity index (χ2v) is 4.19. The molecule has 1 aromatic rings. The fourth-order valence-electron chi connectivity index (χ4n) is 1.89. The van der Waals surface area contributed by atoms with Gasteiger partial charge in [-0.05, 0) is 12.1 Å². The lowest BCUT2D eigenvalue weighted by Gasteiger charge is -2.27. The van der Waals surface area contributed by atoms with Crippen LogP contribution in [0, 0.1) is 0 Å². The molecule has 1 aliphatic rings. The molecule has 1 N–H and O–H groups in total. The molecule has 2 nitrogen and oxygen atoms in total. The van der Waals surface area contributed by atoms with Crippen molar-refractivity contribution < 1.29 is 17.9 Å². The highest BCUT2D eigenvalue weighted by Gasteiger charge is 2.36. The lowest BCUT2D eigenvalue weighted by molar-refractivity contribution is -0.138. The van der Waals surface area contributed by atoms with Gasteiger partial charge in [0.05, 0.1) is 24.8 Å². The molecule has 1 aromatic carbocycles. The van der Waals surface area contributed by atoms with Gasteiger partial charge in [0.15, 0.2) is 0 Å². The van der Waals surface area contributed by atoms with Crippen LogP contribution in [0.3, 0.4) is 0 Å². The number of hydrogen-bond acceptors (Lipinski definition) is 2. The summed E-state index contributed by atoms with van der Waals surface area (Å²) in [5.74, 6) is 0. The zero-order chi connectivity index (χ0) is 12.5. The normalized spacial score (nSPS) is 20.3. The van der Waals surface area contributed by atoms with E-state index in [1.807, 2.05) is 0 Å². The summed E-state index contributed by atoms with van der Waals surface area (Å²) in [4.78, 5) is 0. The summed E-state index contributed by atoms with van der Waals surface area (Å²) in [6.07, 6.45) is -4.40. The van der Waals surface area contributed by atoms with E-state index < -0.39 is 17.8 Å². The van der Waals surface area contributed by atoms with E-state index in [0.717, 1.165) is 6.07 Å². The highest BCUT2D eigenvalue weighted by Crippen LogP contribution is 2.38. The number of alkyl halides is 3. The molecule has 0 aromatic heterocycles. The van der Waals surface area contributed by atoms with Crippen molar-refractivity contribution in [1.82, 2.24) is 5.32 Å². The zero-order valence-corrected chi connectivity index (χ0v) is 10.8. The minimum absolute atomic E-state index is 0. The van der Waals surface area contributed by atoms with E-state index in [2.05, 4.69) is 5.32 Å². The molecule has 1 aliphatic heterocycles. The average Bonchev–Trinajstić information content (AvgIpc) is 2.28. The Morgan fingerprint density at radius 3 is 2.61 bits per heavy atom. The summed E-state index contributed by atoms with van der Waals surface area (Å²) < 4.78 is 43.7. The lowest BCUT2D eigenvalue weighted by atomic mass is 9.99. The van der Waals surface area contributed by atoms with Gasteiger partial charge in [0, 0.05) is 17.1 Å². The Morgan fingerprint density at radius 2 is 2.06 bits per heavy atom. The molecule has 0 radical (unpaired) electrons. The number of nitrogens with one attached hydrogen (secondary N) is 1. The summed E-state index contributed by atoms with van der Waals surface area (Å²) in [7, 11) is 0. The number of morpholine rings is 1. The first-order valence-corrected chi connectivity index (χ1v) is 5.54. The largest absolute Gasteiger partial charge is 0.416 e. The summed E-state index contributed by atoms with van der Waals surface area (Å²) >= 11 is 5.87. The third-order valence-corrected chi connectivity index (χ3v) is 2.96. The van der Waals surface area contributed by atoms with Gasteiger partial charge in [-0.25, -0.2) is 0 Å². The molecule has 0 bridgehead atoms. The topological polar surface area (TPSA) is 21.3 Å². The Kier molecular flexibility index (Phi) is 5.28. The fraction of sp³-hybridized carbons (Fsp3) is 0.455. The number of hydrogen-bond donors (Lipinski definition) is 1. The van der Waals surface area contributed by atoms with Gasteiger partial charge >= 0.3 is 6.18 Å². The minimum atomic E-state index is -4.40. The van der Waals surface area contributed by atoms with Crippen molar-refractivity contribution in [2.24, 2.45) is 0 Å². The molecule has 0 saturated carbocycles. The molecule has 7 heteroatoms. The van der Waals surface area contributed by atoms with Gasteiger partial charge < -0.3 is 10.1 Å². The quantitative estimate of drug-likeness (QED) is 0.858. The van der Waals surface area contributed by atoms with Crippen LogP contribution in [0.4, 0.5) is 13.2 Å². The maximum atomic E-state index is 12.9. The molecule has 0 amide bonds. The van der Waals surface area contributed by atoms with E-state index >= 15 is 0 Å². The number of ether oxygens (including phenoxy) is 1. The van der Waals surface area contributed by atoms with Crippen molar-refractivity contribution in [3.05, 3.63) is 34.3 Å². The lowest BCUT2D eigenvalue weighted by Crippen LogP contribution is -2.36. The van der Waals surface area contributed by atoms with E-state index in [-0.39, 0.29) is 29.6 Å². The second-order valence-electron chi connectivity index (χ2n) is 3.78. The van der Waals surface area contributed by atoms with Crippen LogP contribution in [0.15, 0.2) is 18.2 Å². The van der Waals surface area contributed by atoms with Gasteiger partial charge in [-0.3, -0.25) is 0 Å². The van der Waals surface area contributed by atoms with Gasteiger partial charge in [0.1, 0.15) is 0 Å². The van der Waals surface area contributed by atoms with E-state index in [4.69, 9.17) is 16.3 Å². The molecule has 1 saturated heterocycles. The first kappa shape index (κ1) is 15.6. The van der Waals surface area contributed by atoms with Crippen molar-refractivity contribution in [1.29, 1.82) is 0 Å². The fourth-order valence-corrected chi connectivity index (χ4v) is 2.20. The average molecular weight is 302 g/mol. The van der Waals surface area contributed by atoms with Crippen LogP contribution in [-0.2, 0) is 10.9 Å². The van der Waals surface area contributed by atoms with Crippen molar-refractivity contribution in [3.63, 3.8) is 0 Å². The standard InChI is InChI=1S/C11H11ClF3NO.ClH/c12-8-3-1-2-7(11(13,14)15)10(8)9-6-17-5-4-16-9;/h1-3,9,16H,4-6H2;1H/t9-;/m0./s1. The Morgan fingerprint density at radius 1 is 1.33 bits per heavy atom. The van der Waals surface area contributed by atoms with Crippen molar-refractivity contribution in [3.8, 4) is 0 Å². The summed E-state index contributed by atoms with van der Waals surface area (Å²) in [5, 5.41) is 3.09. The number of rotatable bonds is 1. The maximum absolute atomic E-state index is 12.9. The van der Waals surface area contributed by atoms with E-state index in [1.54, 1.807) is 0 Å². The van der Waals surface area contributed by atoms with Gasteiger partial charge in [0.25, 0.3) is 0 Å². The molecular weight excluding hydrogens is 290 g/mol. The Bertz CT molecular complexity index is 406. The Balaban J connectivity index is 0.00000162. The summed E-state index contributed by atoms with van der Waals surface area (Å²) in [6, 6.07) is 3.30. The third-order valence-electron chi connectivity index (χ3n) is 2.63. The molecule has 1 fully saturated rings. The smallest absolute Gasteiger partial charge is 0.378 e. The second kappa shape index (κ2) is 6.10. The van der Waals surface area contributed by atoms with Crippen LogP contribution < -0.4 is 5.32 Å². The van der Waals surface area contributed by atoms with Crippen molar-refractivity contribution in [2.75, 3.05) is 19.8 Å². The molecule has 2 rings (SSSR count). The zero-order valence-electron chi connectivity index (χ0n) is 9.26. The summed E-state index contributed by atoms with van der Waals surface area (Å²) in [6.45, 7) is 1.22. The number of benzene rings is 1. The third kappa shape index (κ3) is 3.29. The predicted molar refractivity (Wildman–Crippen MR) is 65.3 cm³/mol. The van der Waals surface area contributed by atoms with Crippen LogP contribution in [-0.4, -0.2) is 19.8 Å². The van der Waals surface area contributed by atoms with Crippen LogP contribution in [0.25, 0.3) is 0 Å². The molecular formula is C11H12Cl2F3NO. The Labute approximate surface area is 114 Å².